The number of ether oxygens (including phenoxy) is 3. The molecule has 0 aliphatic carbocycles. The van der Waals surface area contributed by atoms with E-state index >= 15 is 4.39 Å². The van der Waals surface area contributed by atoms with Crippen LogP contribution in [0.15, 0.2) is 36.4 Å². The number of methoxy groups -OCH3 is 1. The number of halogens is 1. The average Bonchev–Trinajstić information content (AvgIpc) is 2.87. The molecule has 2 heterocycles. The fourth-order valence-corrected chi connectivity index (χ4v) is 4.49. The Morgan fingerprint density at radius 1 is 1.00 bits per heavy atom. The molecule has 178 valence electrons. The van der Waals surface area contributed by atoms with Crippen LogP contribution in [-0.4, -0.2) is 64.6 Å². The molecule has 6 heteroatoms. The number of rotatable bonds is 10. The summed E-state index contributed by atoms with van der Waals surface area (Å²) in [5, 5.41) is 0. The van der Waals surface area contributed by atoms with E-state index in [1.54, 1.807) is 13.2 Å². The molecule has 5 nitrogen and oxygen atoms in total. The van der Waals surface area contributed by atoms with Crippen LogP contribution in [0, 0.1) is 5.82 Å². The van der Waals surface area contributed by atoms with E-state index < -0.39 is 0 Å². The van der Waals surface area contributed by atoms with Crippen LogP contribution in [0.5, 0.6) is 11.5 Å². The monoisotopic (exact) mass is 454 g/mol. The lowest BCUT2D eigenvalue weighted by Gasteiger charge is -2.34. The third-order valence-electron chi connectivity index (χ3n) is 6.30. The predicted molar refractivity (Wildman–Crippen MR) is 132 cm³/mol. The first kappa shape index (κ1) is 23.6. The number of anilines is 1. The SMILES string of the molecule is CCCOc1ccc(F)c2c1N(CCCCN1CCOCC1)CC(c1ccc(OC)cc1)=C2. The van der Waals surface area contributed by atoms with Gasteiger partial charge in [-0.3, -0.25) is 4.90 Å². The van der Waals surface area contributed by atoms with Crippen molar-refractivity contribution in [1.82, 2.24) is 4.90 Å². The summed E-state index contributed by atoms with van der Waals surface area (Å²) in [4.78, 5) is 4.76. The van der Waals surface area contributed by atoms with Crippen LogP contribution in [0.25, 0.3) is 11.6 Å². The first-order valence-electron chi connectivity index (χ1n) is 12.0. The number of morpholine rings is 1. The first-order chi connectivity index (χ1) is 16.2. The van der Waals surface area contributed by atoms with Crippen LogP contribution in [0.1, 0.15) is 37.3 Å². The minimum Gasteiger partial charge on any atom is -0.497 e. The van der Waals surface area contributed by atoms with E-state index in [1.807, 2.05) is 30.3 Å². The van der Waals surface area contributed by atoms with Gasteiger partial charge in [-0.2, -0.15) is 0 Å². The summed E-state index contributed by atoms with van der Waals surface area (Å²) >= 11 is 0. The lowest BCUT2D eigenvalue weighted by Crippen LogP contribution is -2.37. The number of nitrogens with zero attached hydrogens (tertiary/aromatic N) is 2. The van der Waals surface area contributed by atoms with Gasteiger partial charge < -0.3 is 19.1 Å². The van der Waals surface area contributed by atoms with E-state index in [9.17, 15) is 0 Å². The maximum Gasteiger partial charge on any atom is 0.143 e. The molecule has 0 spiro atoms. The summed E-state index contributed by atoms with van der Waals surface area (Å²) in [5.74, 6) is 1.38. The minimum atomic E-state index is -0.210. The van der Waals surface area contributed by atoms with Crippen molar-refractivity contribution in [3.8, 4) is 11.5 Å². The average molecular weight is 455 g/mol. The van der Waals surface area contributed by atoms with E-state index in [4.69, 9.17) is 14.2 Å². The van der Waals surface area contributed by atoms with Crippen molar-refractivity contribution < 1.29 is 18.6 Å². The molecule has 0 saturated carbocycles. The maximum atomic E-state index is 15.0. The Kier molecular flexibility index (Phi) is 8.24. The van der Waals surface area contributed by atoms with Crippen molar-refractivity contribution in [2.75, 3.05) is 64.6 Å². The normalized spacial score (nSPS) is 16.3. The van der Waals surface area contributed by atoms with Gasteiger partial charge >= 0.3 is 0 Å². The summed E-state index contributed by atoms with van der Waals surface area (Å²) in [7, 11) is 1.66. The van der Waals surface area contributed by atoms with Crippen LogP contribution in [0.2, 0.25) is 0 Å². The second-order valence-electron chi connectivity index (χ2n) is 8.64. The Morgan fingerprint density at radius 3 is 2.48 bits per heavy atom. The number of benzene rings is 2. The molecular formula is C27H35FN2O3. The van der Waals surface area contributed by atoms with Gasteiger partial charge in [-0.15, -0.1) is 0 Å². The molecule has 2 aromatic carbocycles. The predicted octanol–water partition coefficient (Wildman–Crippen LogP) is 5.10. The third-order valence-corrected chi connectivity index (χ3v) is 6.30. The first-order valence-corrected chi connectivity index (χ1v) is 12.0. The summed E-state index contributed by atoms with van der Waals surface area (Å²) in [6.45, 7) is 9.04. The van der Waals surface area contributed by atoms with Gasteiger partial charge in [0.2, 0.25) is 0 Å². The Labute approximate surface area is 196 Å². The molecule has 0 atom stereocenters. The van der Waals surface area contributed by atoms with Crippen LogP contribution >= 0.6 is 0 Å². The van der Waals surface area contributed by atoms with Crippen molar-refractivity contribution in [3.63, 3.8) is 0 Å². The van der Waals surface area contributed by atoms with Crippen molar-refractivity contribution in [2.24, 2.45) is 0 Å². The standard InChI is InChI=1S/C27H35FN2O3/c1-3-16-33-26-11-10-25(28)24-19-22(21-6-8-23(31-2)9-7-21)20-30(27(24)26)13-5-4-12-29-14-17-32-18-15-29/h6-11,19H,3-5,12-18,20H2,1-2H3. The van der Waals surface area contributed by atoms with E-state index in [2.05, 4.69) is 16.7 Å². The van der Waals surface area contributed by atoms with Crippen LogP contribution < -0.4 is 14.4 Å². The summed E-state index contributed by atoms with van der Waals surface area (Å²) < 4.78 is 31.8. The zero-order valence-electron chi connectivity index (χ0n) is 19.8. The lowest BCUT2D eigenvalue weighted by atomic mass is 9.95. The number of hydrogen-bond acceptors (Lipinski definition) is 5. The van der Waals surface area contributed by atoms with E-state index in [-0.39, 0.29) is 5.82 Å². The Morgan fingerprint density at radius 2 is 1.76 bits per heavy atom. The quantitative estimate of drug-likeness (QED) is 0.467. The molecule has 0 amide bonds. The molecule has 1 fully saturated rings. The van der Waals surface area contributed by atoms with Gasteiger partial charge in [-0.1, -0.05) is 19.1 Å². The second kappa shape index (κ2) is 11.5. The lowest BCUT2D eigenvalue weighted by molar-refractivity contribution is 0.0372. The van der Waals surface area contributed by atoms with Gasteiger partial charge in [0.15, 0.2) is 0 Å². The van der Waals surface area contributed by atoms with Gasteiger partial charge in [0.1, 0.15) is 17.3 Å². The molecule has 0 bridgehead atoms. The summed E-state index contributed by atoms with van der Waals surface area (Å²) in [6, 6.07) is 11.3. The highest BCUT2D eigenvalue weighted by atomic mass is 19.1. The molecule has 33 heavy (non-hydrogen) atoms. The minimum absolute atomic E-state index is 0.210. The summed E-state index contributed by atoms with van der Waals surface area (Å²) in [6.07, 6.45) is 5.04. The molecule has 4 rings (SSSR count). The molecule has 0 N–H and O–H groups in total. The molecule has 0 aromatic heterocycles. The molecule has 2 aromatic rings. The van der Waals surface area contributed by atoms with Crippen molar-refractivity contribution in [1.29, 1.82) is 0 Å². The van der Waals surface area contributed by atoms with Crippen molar-refractivity contribution in [3.05, 3.63) is 53.3 Å². The molecule has 2 aliphatic rings. The molecule has 2 aliphatic heterocycles. The van der Waals surface area contributed by atoms with Gasteiger partial charge in [0, 0.05) is 31.7 Å². The van der Waals surface area contributed by atoms with Crippen molar-refractivity contribution >= 4 is 17.3 Å². The van der Waals surface area contributed by atoms with Gasteiger partial charge in [0.25, 0.3) is 0 Å². The van der Waals surface area contributed by atoms with Crippen LogP contribution in [0.3, 0.4) is 0 Å². The maximum absolute atomic E-state index is 15.0. The zero-order valence-corrected chi connectivity index (χ0v) is 19.8. The Hall–Kier alpha value is -2.57. The van der Waals surface area contributed by atoms with Crippen LogP contribution in [0.4, 0.5) is 10.1 Å². The highest BCUT2D eigenvalue weighted by Gasteiger charge is 2.25. The molecule has 0 unspecified atom stereocenters. The Bertz CT molecular complexity index is 939. The fourth-order valence-electron chi connectivity index (χ4n) is 4.49. The number of fused-ring (bicyclic) bond motifs is 1. The second-order valence-corrected chi connectivity index (χ2v) is 8.64. The van der Waals surface area contributed by atoms with E-state index in [0.717, 1.165) is 93.5 Å². The number of unbranched alkanes of at least 4 members (excludes halogenated alkanes) is 1. The summed E-state index contributed by atoms with van der Waals surface area (Å²) in [5.41, 5.74) is 3.69. The molecule has 1 saturated heterocycles. The fraction of sp³-hybridized carbons (Fsp3) is 0.481. The van der Waals surface area contributed by atoms with Gasteiger partial charge in [-0.05, 0) is 67.3 Å². The highest BCUT2D eigenvalue weighted by Crippen LogP contribution is 2.41. The third kappa shape index (κ3) is 5.87. The van der Waals surface area contributed by atoms with Crippen molar-refractivity contribution in [2.45, 2.75) is 26.2 Å². The smallest absolute Gasteiger partial charge is 0.143 e. The highest BCUT2D eigenvalue weighted by molar-refractivity contribution is 5.93. The largest absolute Gasteiger partial charge is 0.497 e. The Balaban J connectivity index is 1.55. The van der Waals surface area contributed by atoms with E-state index in [1.165, 1.54) is 6.07 Å². The van der Waals surface area contributed by atoms with E-state index in [0.29, 0.717) is 12.2 Å². The zero-order chi connectivity index (χ0) is 23.0. The number of hydrogen-bond donors (Lipinski definition) is 0. The topological polar surface area (TPSA) is 34.2 Å². The molecule has 0 radical (unpaired) electrons. The van der Waals surface area contributed by atoms with Gasteiger partial charge in [0.05, 0.1) is 32.6 Å². The molecular weight excluding hydrogens is 419 g/mol. The van der Waals surface area contributed by atoms with Gasteiger partial charge in [-0.25, -0.2) is 4.39 Å². The van der Waals surface area contributed by atoms with Crippen LogP contribution in [-0.2, 0) is 4.74 Å².